The Bertz CT molecular complexity index is 451. The molecule has 4 heteroatoms. The molecule has 20 heavy (non-hydrogen) atoms. The van der Waals surface area contributed by atoms with Crippen LogP contribution in [-0.4, -0.2) is 24.1 Å². The van der Waals surface area contributed by atoms with Crippen molar-refractivity contribution in [3.63, 3.8) is 0 Å². The largest absolute Gasteiger partial charge is 0.356 e. The molecule has 0 aromatic carbocycles. The first-order chi connectivity index (χ1) is 9.76. The van der Waals surface area contributed by atoms with Crippen molar-refractivity contribution in [1.82, 2.24) is 10.3 Å². The van der Waals surface area contributed by atoms with Gasteiger partial charge in [-0.3, -0.25) is 0 Å². The summed E-state index contributed by atoms with van der Waals surface area (Å²) < 4.78 is 1.08. The topological polar surface area (TPSA) is 28.2 Å². The summed E-state index contributed by atoms with van der Waals surface area (Å²) in [5.74, 6) is 2.10. The summed E-state index contributed by atoms with van der Waals surface area (Å²) >= 11 is 3.55. The molecule has 0 amide bonds. The molecule has 0 bridgehead atoms. The van der Waals surface area contributed by atoms with Crippen molar-refractivity contribution in [2.45, 2.75) is 51.6 Å². The van der Waals surface area contributed by atoms with E-state index in [4.69, 9.17) is 4.98 Å². The Kier molecular flexibility index (Phi) is 4.61. The predicted octanol–water partition coefficient (Wildman–Crippen LogP) is 3.72. The second-order valence-corrected chi connectivity index (χ2v) is 7.05. The average molecular weight is 338 g/mol. The molecular formula is C16H24BrN3. The second-order valence-electron chi connectivity index (χ2n) is 6.13. The van der Waals surface area contributed by atoms with Crippen molar-refractivity contribution in [1.29, 1.82) is 0 Å². The summed E-state index contributed by atoms with van der Waals surface area (Å²) in [4.78, 5) is 7.16. The van der Waals surface area contributed by atoms with Crippen LogP contribution >= 0.6 is 15.9 Å². The molecule has 1 N–H and O–H groups in total. The monoisotopic (exact) mass is 337 g/mol. The number of halogens is 1. The van der Waals surface area contributed by atoms with E-state index in [0.717, 1.165) is 36.1 Å². The van der Waals surface area contributed by atoms with Crippen molar-refractivity contribution >= 4 is 21.7 Å². The molecule has 0 radical (unpaired) electrons. The zero-order valence-electron chi connectivity index (χ0n) is 12.2. The summed E-state index contributed by atoms with van der Waals surface area (Å²) in [5, 5.41) is 3.61. The van der Waals surface area contributed by atoms with E-state index in [1.54, 1.807) is 0 Å². The van der Waals surface area contributed by atoms with Gasteiger partial charge in [0.05, 0.1) is 0 Å². The van der Waals surface area contributed by atoms with E-state index >= 15 is 0 Å². The lowest BCUT2D eigenvalue weighted by atomic mass is 9.94. The highest BCUT2D eigenvalue weighted by molar-refractivity contribution is 9.10. The summed E-state index contributed by atoms with van der Waals surface area (Å²) in [6.45, 7) is 5.57. The fourth-order valence-electron chi connectivity index (χ4n) is 2.98. The minimum absolute atomic E-state index is 0.743. The SMILES string of the molecule is CCC1CCN(c2ncc(Br)cc2CNC2CC2)CC1. The Balaban J connectivity index is 1.70. The Morgan fingerprint density at radius 3 is 2.70 bits per heavy atom. The molecule has 1 aliphatic heterocycles. The molecule has 1 saturated carbocycles. The summed E-state index contributed by atoms with van der Waals surface area (Å²) in [7, 11) is 0. The Labute approximate surface area is 130 Å². The molecule has 1 aromatic rings. The van der Waals surface area contributed by atoms with Gasteiger partial charge in [0, 0.05) is 41.9 Å². The third-order valence-electron chi connectivity index (χ3n) is 4.56. The van der Waals surface area contributed by atoms with Crippen LogP contribution in [0.5, 0.6) is 0 Å². The molecule has 1 aromatic heterocycles. The van der Waals surface area contributed by atoms with Gasteiger partial charge in [0.25, 0.3) is 0 Å². The molecule has 110 valence electrons. The molecule has 1 aliphatic carbocycles. The van der Waals surface area contributed by atoms with Gasteiger partial charge in [0.1, 0.15) is 5.82 Å². The zero-order valence-corrected chi connectivity index (χ0v) is 13.8. The quantitative estimate of drug-likeness (QED) is 0.887. The number of aromatic nitrogens is 1. The van der Waals surface area contributed by atoms with Gasteiger partial charge < -0.3 is 10.2 Å². The number of hydrogen-bond donors (Lipinski definition) is 1. The fourth-order valence-corrected chi connectivity index (χ4v) is 3.36. The number of nitrogens with one attached hydrogen (secondary N) is 1. The smallest absolute Gasteiger partial charge is 0.133 e. The van der Waals surface area contributed by atoms with Crippen molar-refractivity contribution < 1.29 is 0 Å². The lowest BCUT2D eigenvalue weighted by Gasteiger charge is -2.33. The van der Waals surface area contributed by atoms with E-state index in [1.807, 2.05) is 6.20 Å². The molecule has 2 heterocycles. The molecular weight excluding hydrogens is 314 g/mol. The normalized spacial score (nSPS) is 20.4. The highest BCUT2D eigenvalue weighted by Gasteiger charge is 2.23. The third-order valence-corrected chi connectivity index (χ3v) is 4.99. The molecule has 1 saturated heterocycles. The van der Waals surface area contributed by atoms with Crippen molar-refractivity contribution in [3.05, 3.63) is 22.3 Å². The summed E-state index contributed by atoms with van der Waals surface area (Å²) in [6.07, 6.45) is 8.53. The second kappa shape index (κ2) is 6.44. The summed E-state index contributed by atoms with van der Waals surface area (Å²) in [6, 6.07) is 2.97. The predicted molar refractivity (Wildman–Crippen MR) is 87.0 cm³/mol. The van der Waals surface area contributed by atoms with Gasteiger partial charge in [-0.25, -0.2) is 4.98 Å². The molecule has 0 atom stereocenters. The first-order valence-corrected chi connectivity index (χ1v) is 8.68. The third kappa shape index (κ3) is 3.53. The van der Waals surface area contributed by atoms with Gasteiger partial charge in [-0.2, -0.15) is 0 Å². The van der Waals surface area contributed by atoms with Crippen LogP contribution in [0.15, 0.2) is 16.7 Å². The van der Waals surface area contributed by atoms with Crippen molar-refractivity contribution in [2.75, 3.05) is 18.0 Å². The van der Waals surface area contributed by atoms with E-state index < -0.39 is 0 Å². The van der Waals surface area contributed by atoms with Crippen LogP contribution in [0.3, 0.4) is 0 Å². The highest BCUT2D eigenvalue weighted by Crippen LogP contribution is 2.28. The van der Waals surface area contributed by atoms with E-state index in [0.29, 0.717) is 0 Å². The Hall–Kier alpha value is -0.610. The molecule has 3 nitrogen and oxygen atoms in total. The molecule has 2 aliphatic rings. The van der Waals surface area contributed by atoms with Crippen LogP contribution in [-0.2, 0) is 6.54 Å². The van der Waals surface area contributed by atoms with Gasteiger partial charge in [-0.15, -0.1) is 0 Å². The van der Waals surface area contributed by atoms with Crippen molar-refractivity contribution in [2.24, 2.45) is 5.92 Å². The minimum atomic E-state index is 0.743. The van der Waals surface area contributed by atoms with E-state index in [2.05, 4.69) is 39.1 Å². The number of piperidine rings is 1. The number of hydrogen-bond acceptors (Lipinski definition) is 3. The van der Waals surface area contributed by atoms with E-state index in [9.17, 15) is 0 Å². The highest BCUT2D eigenvalue weighted by atomic mass is 79.9. The molecule has 0 unspecified atom stereocenters. The van der Waals surface area contributed by atoms with Crippen LogP contribution in [0.1, 0.15) is 44.6 Å². The first-order valence-electron chi connectivity index (χ1n) is 7.89. The van der Waals surface area contributed by atoms with Crippen LogP contribution in [0.25, 0.3) is 0 Å². The number of pyridine rings is 1. The standard InChI is InChI=1S/C16H24BrN3/c1-2-12-5-7-20(8-6-12)16-13(9-14(17)11-19-16)10-18-15-3-4-15/h9,11-12,15,18H,2-8,10H2,1H3. The van der Waals surface area contributed by atoms with Gasteiger partial charge in [0.15, 0.2) is 0 Å². The maximum atomic E-state index is 4.69. The minimum Gasteiger partial charge on any atom is -0.356 e. The van der Waals surface area contributed by atoms with Crippen LogP contribution < -0.4 is 10.2 Å². The zero-order chi connectivity index (χ0) is 13.9. The maximum absolute atomic E-state index is 4.69. The van der Waals surface area contributed by atoms with Gasteiger partial charge in [0.2, 0.25) is 0 Å². The van der Waals surface area contributed by atoms with Gasteiger partial charge >= 0.3 is 0 Å². The Morgan fingerprint density at radius 2 is 2.05 bits per heavy atom. The van der Waals surface area contributed by atoms with Crippen LogP contribution in [0.4, 0.5) is 5.82 Å². The maximum Gasteiger partial charge on any atom is 0.133 e. The number of nitrogens with zero attached hydrogens (tertiary/aromatic N) is 2. The summed E-state index contributed by atoms with van der Waals surface area (Å²) in [5.41, 5.74) is 1.33. The van der Waals surface area contributed by atoms with Crippen LogP contribution in [0.2, 0.25) is 0 Å². The fraction of sp³-hybridized carbons (Fsp3) is 0.688. The van der Waals surface area contributed by atoms with E-state index in [1.165, 1.54) is 43.5 Å². The number of anilines is 1. The van der Waals surface area contributed by atoms with Crippen LogP contribution in [0, 0.1) is 5.92 Å². The molecule has 3 rings (SSSR count). The van der Waals surface area contributed by atoms with Gasteiger partial charge in [-0.05, 0) is 53.6 Å². The van der Waals surface area contributed by atoms with Gasteiger partial charge in [-0.1, -0.05) is 13.3 Å². The lowest BCUT2D eigenvalue weighted by Crippen LogP contribution is -2.35. The average Bonchev–Trinajstić information content (AvgIpc) is 3.30. The molecule has 0 spiro atoms. The van der Waals surface area contributed by atoms with Crippen molar-refractivity contribution in [3.8, 4) is 0 Å². The lowest BCUT2D eigenvalue weighted by molar-refractivity contribution is 0.393. The molecule has 2 fully saturated rings. The Morgan fingerprint density at radius 1 is 1.30 bits per heavy atom. The van der Waals surface area contributed by atoms with E-state index in [-0.39, 0.29) is 0 Å². The number of rotatable bonds is 5. The first kappa shape index (κ1) is 14.3.